The Labute approximate surface area is 123 Å². The highest BCUT2D eigenvalue weighted by Crippen LogP contribution is 2.31. The fraction of sp³-hybridized carbons (Fsp3) is 0.500. The zero-order valence-electron chi connectivity index (χ0n) is 12.3. The number of esters is 1. The van der Waals surface area contributed by atoms with Gasteiger partial charge in [0, 0.05) is 6.54 Å². The van der Waals surface area contributed by atoms with Crippen LogP contribution >= 0.6 is 0 Å². The Morgan fingerprint density at radius 2 is 2.05 bits per heavy atom. The summed E-state index contributed by atoms with van der Waals surface area (Å²) in [4.78, 5) is 26.2. The molecule has 0 unspecified atom stereocenters. The number of benzene rings is 1. The zero-order valence-corrected chi connectivity index (χ0v) is 12.3. The monoisotopic (exact) mass is 289 g/mol. The van der Waals surface area contributed by atoms with Gasteiger partial charge in [0.2, 0.25) is 5.60 Å². The lowest BCUT2D eigenvalue weighted by Crippen LogP contribution is -2.61. The van der Waals surface area contributed by atoms with Crippen LogP contribution in [0, 0.1) is 6.92 Å². The molecule has 0 N–H and O–H groups in total. The normalized spacial score (nSPS) is 28.3. The van der Waals surface area contributed by atoms with Gasteiger partial charge in [-0.15, -0.1) is 0 Å². The van der Waals surface area contributed by atoms with Crippen molar-refractivity contribution in [2.24, 2.45) is 0 Å². The molecule has 0 spiro atoms. The van der Waals surface area contributed by atoms with Crippen molar-refractivity contribution >= 4 is 11.9 Å². The van der Waals surface area contributed by atoms with Gasteiger partial charge in [0.25, 0.3) is 5.91 Å². The smallest absolute Gasteiger partial charge is 0.330 e. The molecule has 0 aliphatic carbocycles. The van der Waals surface area contributed by atoms with E-state index < -0.39 is 11.6 Å². The van der Waals surface area contributed by atoms with E-state index in [0.717, 1.165) is 12.0 Å². The maximum Gasteiger partial charge on any atom is 0.330 e. The number of fused-ring (bicyclic) bond motifs is 1. The van der Waals surface area contributed by atoms with Crippen molar-refractivity contribution in [3.8, 4) is 5.75 Å². The lowest BCUT2D eigenvalue weighted by molar-refractivity contribution is -0.191. The van der Waals surface area contributed by atoms with Gasteiger partial charge in [0.15, 0.2) is 0 Å². The maximum atomic E-state index is 12.5. The van der Waals surface area contributed by atoms with E-state index in [2.05, 4.69) is 0 Å². The van der Waals surface area contributed by atoms with Crippen LogP contribution in [0.15, 0.2) is 24.3 Å². The largest absolute Gasteiger partial charge is 0.489 e. The molecule has 2 aliphatic heterocycles. The van der Waals surface area contributed by atoms with Gasteiger partial charge in [-0.05, 0) is 38.8 Å². The molecule has 0 saturated carbocycles. The van der Waals surface area contributed by atoms with Gasteiger partial charge in [-0.2, -0.15) is 0 Å². The van der Waals surface area contributed by atoms with Gasteiger partial charge < -0.3 is 14.4 Å². The summed E-state index contributed by atoms with van der Waals surface area (Å²) in [6, 6.07) is 7.15. The fourth-order valence-corrected chi connectivity index (χ4v) is 2.84. The van der Waals surface area contributed by atoms with Crippen molar-refractivity contribution in [1.82, 2.24) is 4.90 Å². The molecule has 2 fully saturated rings. The van der Waals surface area contributed by atoms with E-state index in [4.69, 9.17) is 9.47 Å². The summed E-state index contributed by atoms with van der Waals surface area (Å²) in [5, 5.41) is 0. The molecule has 2 saturated heterocycles. The summed E-state index contributed by atoms with van der Waals surface area (Å²) in [7, 11) is 0. The first-order valence-electron chi connectivity index (χ1n) is 7.23. The second kappa shape index (κ2) is 5.06. The quantitative estimate of drug-likeness (QED) is 0.794. The molecule has 2 heterocycles. The Hall–Kier alpha value is -2.04. The molecular formula is C16H19NO4. The molecule has 112 valence electrons. The number of aryl methyl sites for hydroxylation is 1. The second-order valence-corrected chi connectivity index (χ2v) is 5.91. The van der Waals surface area contributed by atoms with E-state index in [1.807, 2.05) is 31.2 Å². The number of carbonyl (C=O) groups excluding carboxylic acids is 2. The first kappa shape index (κ1) is 13.9. The van der Waals surface area contributed by atoms with Crippen LogP contribution in [-0.4, -0.2) is 41.6 Å². The molecule has 2 aliphatic rings. The number of hydrogen-bond donors (Lipinski definition) is 0. The van der Waals surface area contributed by atoms with E-state index in [1.165, 1.54) is 0 Å². The van der Waals surface area contributed by atoms with Crippen LogP contribution in [0.3, 0.4) is 0 Å². The molecule has 5 heteroatoms. The van der Waals surface area contributed by atoms with Crippen LogP contribution in [0.1, 0.15) is 25.3 Å². The Kier molecular flexibility index (Phi) is 3.35. The summed E-state index contributed by atoms with van der Waals surface area (Å²) in [6.07, 6.45) is 1.54. The number of hydrogen-bond acceptors (Lipinski definition) is 4. The van der Waals surface area contributed by atoms with Crippen LogP contribution in [0.5, 0.6) is 5.75 Å². The average molecular weight is 289 g/mol. The second-order valence-electron chi connectivity index (χ2n) is 5.91. The van der Waals surface area contributed by atoms with Crippen LogP contribution in [0.2, 0.25) is 0 Å². The van der Waals surface area contributed by atoms with Crippen molar-refractivity contribution in [2.45, 2.75) is 38.3 Å². The van der Waals surface area contributed by atoms with Gasteiger partial charge in [0.1, 0.15) is 18.4 Å². The molecule has 3 rings (SSSR count). The topological polar surface area (TPSA) is 55.8 Å². The van der Waals surface area contributed by atoms with E-state index >= 15 is 0 Å². The maximum absolute atomic E-state index is 12.5. The molecule has 21 heavy (non-hydrogen) atoms. The minimum atomic E-state index is -1.23. The Bertz CT molecular complexity index is 568. The predicted molar refractivity (Wildman–Crippen MR) is 75.9 cm³/mol. The zero-order chi connectivity index (χ0) is 15.0. The third-order valence-electron chi connectivity index (χ3n) is 4.10. The van der Waals surface area contributed by atoms with Gasteiger partial charge >= 0.3 is 5.97 Å². The molecule has 1 amide bonds. The number of amides is 1. The number of carbonyl (C=O) groups is 2. The van der Waals surface area contributed by atoms with E-state index in [-0.39, 0.29) is 18.5 Å². The van der Waals surface area contributed by atoms with Crippen molar-refractivity contribution in [3.63, 3.8) is 0 Å². The van der Waals surface area contributed by atoms with E-state index in [1.54, 1.807) is 11.8 Å². The molecule has 5 nitrogen and oxygen atoms in total. The van der Waals surface area contributed by atoms with Gasteiger partial charge in [-0.1, -0.05) is 17.7 Å². The molecule has 0 bridgehead atoms. The Morgan fingerprint density at radius 3 is 2.76 bits per heavy atom. The van der Waals surface area contributed by atoms with Crippen molar-refractivity contribution in [1.29, 1.82) is 0 Å². The number of morpholine rings is 1. The Balaban J connectivity index is 1.72. The standard InChI is InChI=1S/C16H19NO4/c1-11-5-7-12(8-6-11)20-10-16(2)15(19)17-9-3-4-13(17)14(18)21-16/h5-8,13H,3-4,9-10H2,1-2H3/t13-,16+/m1/s1. The van der Waals surface area contributed by atoms with Gasteiger partial charge in [-0.25, -0.2) is 4.79 Å². The predicted octanol–water partition coefficient (Wildman–Crippen LogP) is 1.68. The highest BCUT2D eigenvalue weighted by Gasteiger charge is 2.52. The molecule has 1 aromatic rings. The lowest BCUT2D eigenvalue weighted by atomic mass is 10.0. The number of rotatable bonds is 3. The lowest BCUT2D eigenvalue weighted by Gasteiger charge is -2.39. The summed E-state index contributed by atoms with van der Waals surface area (Å²) in [5.74, 6) is 0.188. The highest BCUT2D eigenvalue weighted by molar-refractivity contribution is 5.95. The van der Waals surface area contributed by atoms with Crippen LogP contribution in [-0.2, 0) is 14.3 Å². The van der Waals surface area contributed by atoms with Crippen molar-refractivity contribution < 1.29 is 19.1 Å². The van der Waals surface area contributed by atoms with Crippen LogP contribution in [0.25, 0.3) is 0 Å². The van der Waals surface area contributed by atoms with E-state index in [9.17, 15) is 9.59 Å². The van der Waals surface area contributed by atoms with Crippen LogP contribution < -0.4 is 4.74 Å². The average Bonchev–Trinajstić information content (AvgIpc) is 2.94. The minimum Gasteiger partial charge on any atom is -0.489 e. The molecule has 1 aromatic carbocycles. The molecule has 2 atom stereocenters. The molecule has 0 aromatic heterocycles. The van der Waals surface area contributed by atoms with Gasteiger partial charge in [-0.3, -0.25) is 4.79 Å². The fourth-order valence-electron chi connectivity index (χ4n) is 2.84. The van der Waals surface area contributed by atoms with Crippen molar-refractivity contribution in [2.75, 3.05) is 13.2 Å². The van der Waals surface area contributed by atoms with E-state index in [0.29, 0.717) is 18.7 Å². The summed E-state index contributed by atoms with van der Waals surface area (Å²) < 4.78 is 11.0. The molecule has 0 radical (unpaired) electrons. The summed E-state index contributed by atoms with van der Waals surface area (Å²) in [6.45, 7) is 4.27. The third-order valence-corrected chi connectivity index (χ3v) is 4.10. The third kappa shape index (κ3) is 2.48. The van der Waals surface area contributed by atoms with Gasteiger partial charge in [0.05, 0.1) is 0 Å². The highest BCUT2D eigenvalue weighted by atomic mass is 16.6. The number of nitrogens with zero attached hydrogens (tertiary/aromatic N) is 1. The van der Waals surface area contributed by atoms with Crippen LogP contribution in [0.4, 0.5) is 0 Å². The summed E-state index contributed by atoms with van der Waals surface area (Å²) >= 11 is 0. The minimum absolute atomic E-state index is 0.0316. The van der Waals surface area contributed by atoms with Crippen molar-refractivity contribution in [3.05, 3.63) is 29.8 Å². The molecular weight excluding hydrogens is 270 g/mol. The first-order chi connectivity index (χ1) is 9.99. The SMILES string of the molecule is Cc1ccc(OC[C@]2(C)OC(=O)[C@H]3CCCN3C2=O)cc1. The Morgan fingerprint density at radius 1 is 1.33 bits per heavy atom. The number of cyclic esters (lactones) is 1. The first-order valence-corrected chi connectivity index (χ1v) is 7.23. The number of ether oxygens (including phenoxy) is 2. The summed E-state index contributed by atoms with van der Waals surface area (Å²) in [5.41, 5.74) is -0.100.